The highest BCUT2D eigenvalue weighted by Crippen LogP contribution is 2.10. The van der Waals surface area contributed by atoms with Gasteiger partial charge in [0.25, 0.3) is 5.91 Å². The lowest BCUT2D eigenvalue weighted by Crippen LogP contribution is -2.49. The maximum absolute atomic E-state index is 11.9. The molecule has 7 nitrogen and oxygen atoms in total. The minimum Gasteiger partial charge on any atom is -0.480 e. The SMILES string of the molecule is CC(C)(NC(=O)c1cccc(CS(N)(=O)=O)c1)C(=O)O. The molecular formula is C12H16N2O5S. The highest BCUT2D eigenvalue weighted by atomic mass is 32.2. The number of carbonyl (C=O) groups excluding carboxylic acids is 1. The molecule has 0 unspecified atom stereocenters. The number of amides is 1. The van der Waals surface area contributed by atoms with E-state index in [1.165, 1.54) is 38.1 Å². The number of hydrogen-bond donors (Lipinski definition) is 3. The Hall–Kier alpha value is -1.93. The van der Waals surface area contributed by atoms with Crippen LogP contribution in [0.4, 0.5) is 0 Å². The molecule has 0 aliphatic heterocycles. The average molecular weight is 300 g/mol. The lowest BCUT2D eigenvalue weighted by Gasteiger charge is -2.21. The summed E-state index contributed by atoms with van der Waals surface area (Å²) in [5.41, 5.74) is -0.902. The van der Waals surface area contributed by atoms with Crippen molar-refractivity contribution < 1.29 is 23.1 Å². The molecule has 0 spiro atoms. The Labute approximate surface area is 116 Å². The third-order valence-corrected chi connectivity index (χ3v) is 3.25. The second-order valence-electron chi connectivity index (χ2n) is 4.89. The van der Waals surface area contributed by atoms with Crippen molar-refractivity contribution in [1.29, 1.82) is 0 Å². The van der Waals surface area contributed by atoms with Gasteiger partial charge in [-0.05, 0) is 31.5 Å². The molecule has 0 heterocycles. The van der Waals surface area contributed by atoms with Gasteiger partial charge in [-0.25, -0.2) is 18.4 Å². The Morgan fingerprint density at radius 3 is 2.45 bits per heavy atom. The number of sulfonamides is 1. The van der Waals surface area contributed by atoms with Gasteiger partial charge in [0.1, 0.15) is 5.54 Å². The van der Waals surface area contributed by atoms with Gasteiger partial charge in [-0.2, -0.15) is 0 Å². The van der Waals surface area contributed by atoms with E-state index in [1.54, 1.807) is 0 Å². The average Bonchev–Trinajstić information content (AvgIpc) is 2.26. The number of carbonyl (C=O) groups is 2. The molecule has 0 saturated carbocycles. The summed E-state index contributed by atoms with van der Waals surface area (Å²) >= 11 is 0. The van der Waals surface area contributed by atoms with E-state index < -0.39 is 33.2 Å². The third kappa shape index (κ3) is 4.63. The first-order valence-corrected chi connectivity index (χ1v) is 7.38. The molecule has 110 valence electrons. The quantitative estimate of drug-likeness (QED) is 0.709. The first-order chi connectivity index (χ1) is 9.01. The molecule has 1 amide bonds. The minimum atomic E-state index is -3.69. The molecule has 20 heavy (non-hydrogen) atoms. The number of benzene rings is 1. The minimum absolute atomic E-state index is 0.167. The molecule has 0 fully saturated rings. The van der Waals surface area contributed by atoms with Gasteiger partial charge in [-0.3, -0.25) is 4.79 Å². The molecule has 0 bridgehead atoms. The van der Waals surface area contributed by atoms with Crippen LogP contribution in [0.3, 0.4) is 0 Å². The molecule has 8 heteroatoms. The van der Waals surface area contributed by atoms with Crippen LogP contribution >= 0.6 is 0 Å². The molecule has 0 aliphatic rings. The van der Waals surface area contributed by atoms with Crippen LogP contribution in [0.2, 0.25) is 0 Å². The van der Waals surface area contributed by atoms with Crippen molar-refractivity contribution >= 4 is 21.9 Å². The zero-order valence-electron chi connectivity index (χ0n) is 11.1. The van der Waals surface area contributed by atoms with Crippen molar-refractivity contribution in [2.75, 3.05) is 0 Å². The van der Waals surface area contributed by atoms with Crippen LogP contribution < -0.4 is 10.5 Å². The van der Waals surface area contributed by atoms with Gasteiger partial charge in [0.15, 0.2) is 0 Å². The van der Waals surface area contributed by atoms with Crippen molar-refractivity contribution in [3.05, 3.63) is 35.4 Å². The van der Waals surface area contributed by atoms with Gasteiger partial charge in [0, 0.05) is 5.56 Å². The lowest BCUT2D eigenvalue weighted by atomic mass is 10.0. The van der Waals surface area contributed by atoms with E-state index in [1.807, 2.05) is 0 Å². The van der Waals surface area contributed by atoms with Gasteiger partial charge in [0.2, 0.25) is 10.0 Å². The highest BCUT2D eigenvalue weighted by Gasteiger charge is 2.29. The van der Waals surface area contributed by atoms with Crippen LogP contribution in [0.1, 0.15) is 29.8 Å². The summed E-state index contributed by atoms with van der Waals surface area (Å²) < 4.78 is 22.0. The Kier molecular flexibility index (Phi) is 4.51. The van der Waals surface area contributed by atoms with E-state index in [4.69, 9.17) is 10.2 Å². The molecule has 1 aromatic carbocycles. The highest BCUT2D eigenvalue weighted by molar-refractivity contribution is 7.88. The van der Waals surface area contributed by atoms with E-state index >= 15 is 0 Å². The zero-order valence-corrected chi connectivity index (χ0v) is 11.9. The van der Waals surface area contributed by atoms with Crippen molar-refractivity contribution in [3.8, 4) is 0 Å². The van der Waals surface area contributed by atoms with E-state index in [0.29, 0.717) is 5.56 Å². The lowest BCUT2D eigenvalue weighted by molar-refractivity contribution is -0.143. The van der Waals surface area contributed by atoms with Crippen LogP contribution in [0.5, 0.6) is 0 Å². The summed E-state index contributed by atoms with van der Waals surface area (Å²) in [5.74, 6) is -2.17. The zero-order chi connectivity index (χ0) is 15.6. The summed E-state index contributed by atoms with van der Waals surface area (Å²) in [7, 11) is -3.69. The first-order valence-electron chi connectivity index (χ1n) is 5.66. The van der Waals surface area contributed by atoms with Crippen molar-refractivity contribution in [1.82, 2.24) is 5.32 Å². The monoisotopic (exact) mass is 300 g/mol. The smallest absolute Gasteiger partial charge is 0.328 e. The van der Waals surface area contributed by atoms with Gasteiger partial charge in [-0.15, -0.1) is 0 Å². The number of carboxylic acids is 1. The number of rotatable bonds is 5. The van der Waals surface area contributed by atoms with Crippen LogP contribution in [-0.4, -0.2) is 30.9 Å². The summed E-state index contributed by atoms with van der Waals surface area (Å²) in [5, 5.41) is 16.2. The van der Waals surface area contributed by atoms with Gasteiger partial charge < -0.3 is 10.4 Å². The van der Waals surface area contributed by atoms with E-state index in [-0.39, 0.29) is 5.56 Å². The predicted octanol–water partition coefficient (Wildman–Crippen LogP) is 0.0681. The van der Waals surface area contributed by atoms with E-state index in [0.717, 1.165) is 0 Å². The fraction of sp³-hybridized carbons (Fsp3) is 0.333. The fourth-order valence-corrected chi connectivity index (χ4v) is 2.09. The summed E-state index contributed by atoms with van der Waals surface area (Å²) in [6.45, 7) is 2.70. The Morgan fingerprint density at radius 2 is 1.95 bits per heavy atom. The van der Waals surface area contributed by atoms with Crippen molar-refractivity contribution in [2.24, 2.45) is 5.14 Å². The number of nitrogens with one attached hydrogen (secondary N) is 1. The van der Waals surface area contributed by atoms with Crippen LogP contribution in [0, 0.1) is 0 Å². The van der Waals surface area contributed by atoms with Gasteiger partial charge in [0.05, 0.1) is 5.75 Å². The summed E-state index contributed by atoms with van der Waals surface area (Å²) in [4.78, 5) is 22.9. The Morgan fingerprint density at radius 1 is 1.35 bits per heavy atom. The summed E-state index contributed by atoms with van der Waals surface area (Å²) in [6, 6.07) is 5.84. The number of hydrogen-bond acceptors (Lipinski definition) is 4. The van der Waals surface area contributed by atoms with Crippen LogP contribution in [0.25, 0.3) is 0 Å². The second-order valence-corrected chi connectivity index (χ2v) is 6.51. The third-order valence-electron chi connectivity index (χ3n) is 2.52. The Bertz CT molecular complexity index is 637. The maximum atomic E-state index is 11.9. The fourth-order valence-electron chi connectivity index (χ4n) is 1.44. The predicted molar refractivity (Wildman–Crippen MR) is 72.4 cm³/mol. The van der Waals surface area contributed by atoms with E-state index in [2.05, 4.69) is 5.32 Å². The largest absolute Gasteiger partial charge is 0.480 e. The number of aliphatic carboxylic acids is 1. The molecule has 4 N–H and O–H groups in total. The maximum Gasteiger partial charge on any atom is 0.328 e. The van der Waals surface area contributed by atoms with Gasteiger partial charge >= 0.3 is 5.97 Å². The number of primary sulfonamides is 1. The normalized spacial score (nSPS) is 11.9. The Balaban J connectivity index is 2.95. The first kappa shape index (κ1) is 16.1. The molecule has 0 saturated heterocycles. The molecule has 0 radical (unpaired) electrons. The number of carboxylic acid groups (broad SMARTS) is 1. The molecular weight excluding hydrogens is 284 g/mol. The van der Waals surface area contributed by atoms with Crippen LogP contribution in [0.15, 0.2) is 24.3 Å². The van der Waals surface area contributed by atoms with Crippen molar-refractivity contribution in [2.45, 2.75) is 25.1 Å². The molecule has 1 rings (SSSR count). The molecule has 0 aromatic heterocycles. The van der Waals surface area contributed by atoms with E-state index in [9.17, 15) is 18.0 Å². The molecule has 1 aromatic rings. The van der Waals surface area contributed by atoms with Crippen molar-refractivity contribution in [3.63, 3.8) is 0 Å². The molecule has 0 atom stereocenters. The summed E-state index contributed by atoms with van der Waals surface area (Å²) in [6.07, 6.45) is 0. The molecule has 0 aliphatic carbocycles. The standard InChI is InChI=1S/C12H16N2O5S/c1-12(2,11(16)17)14-10(15)9-5-3-4-8(6-9)7-20(13,18)19/h3-6H,7H2,1-2H3,(H,14,15)(H,16,17)(H2,13,18,19). The van der Waals surface area contributed by atoms with Gasteiger partial charge in [-0.1, -0.05) is 12.1 Å². The van der Waals surface area contributed by atoms with Crippen LogP contribution in [-0.2, 0) is 20.6 Å². The number of nitrogens with two attached hydrogens (primary N) is 1. The topological polar surface area (TPSA) is 127 Å². The second kappa shape index (κ2) is 5.59.